The molecule has 112 valence electrons. The number of nitrogens with zero attached hydrogens (tertiary/aromatic N) is 2. The van der Waals surface area contributed by atoms with Crippen molar-refractivity contribution in [2.45, 2.75) is 33.4 Å². The van der Waals surface area contributed by atoms with Gasteiger partial charge in [-0.2, -0.15) is 0 Å². The van der Waals surface area contributed by atoms with Crippen LogP contribution in [0.25, 0.3) is 0 Å². The van der Waals surface area contributed by atoms with Gasteiger partial charge in [-0.25, -0.2) is 0 Å². The molecule has 0 fully saturated rings. The molecule has 0 radical (unpaired) electrons. The number of benzene rings is 1. The van der Waals surface area contributed by atoms with E-state index in [-0.39, 0.29) is 16.7 Å². The Morgan fingerprint density at radius 2 is 2.05 bits per heavy atom. The predicted molar refractivity (Wildman–Crippen MR) is 83.2 cm³/mol. The first-order valence-electron chi connectivity index (χ1n) is 6.99. The van der Waals surface area contributed by atoms with Gasteiger partial charge < -0.3 is 9.88 Å². The first-order chi connectivity index (χ1) is 9.90. The van der Waals surface area contributed by atoms with Crippen molar-refractivity contribution in [3.8, 4) is 0 Å². The topological polar surface area (TPSA) is 60.1 Å². The molecule has 0 amide bonds. The van der Waals surface area contributed by atoms with Gasteiger partial charge in [-0.05, 0) is 38.0 Å². The highest BCUT2D eigenvalue weighted by Gasteiger charge is 2.12. The molecule has 0 aliphatic heterocycles. The molecule has 5 heteroatoms. The maximum absolute atomic E-state index is 10.8. The van der Waals surface area contributed by atoms with Crippen molar-refractivity contribution >= 4 is 5.69 Å². The smallest absolute Gasteiger partial charge is 0.269 e. The Morgan fingerprint density at radius 1 is 1.33 bits per heavy atom. The highest BCUT2D eigenvalue weighted by molar-refractivity contribution is 5.35. The van der Waals surface area contributed by atoms with E-state index in [0.29, 0.717) is 0 Å². The number of nitro benzene ring substituents is 1. The van der Waals surface area contributed by atoms with Crippen molar-refractivity contribution < 1.29 is 4.92 Å². The summed E-state index contributed by atoms with van der Waals surface area (Å²) in [4.78, 5) is 10.5. The number of aryl methyl sites for hydroxylation is 1. The van der Waals surface area contributed by atoms with Gasteiger partial charge in [-0.1, -0.05) is 12.1 Å². The van der Waals surface area contributed by atoms with Gasteiger partial charge in [-0.15, -0.1) is 0 Å². The van der Waals surface area contributed by atoms with Gasteiger partial charge >= 0.3 is 0 Å². The van der Waals surface area contributed by atoms with Gasteiger partial charge in [0.05, 0.1) is 4.92 Å². The van der Waals surface area contributed by atoms with E-state index in [4.69, 9.17) is 0 Å². The maximum atomic E-state index is 10.8. The molecule has 0 aliphatic rings. The van der Waals surface area contributed by atoms with Crippen molar-refractivity contribution in [3.63, 3.8) is 0 Å². The second-order valence-electron chi connectivity index (χ2n) is 5.41. The van der Waals surface area contributed by atoms with E-state index in [2.05, 4.69) is 36.8 Å². The molecule has 1 N–H and O–H groups in total. The van der Waals surface area contributed by atoms with E-state index >= 15 is 0 Å². The summed E-state index contributed by atoms with van der Waals surface area (Å²) in [6, 6.07) is 9.01. The van der Waals surface area contributed by atoms with Gasteiger partial charge in [0.15, 0.2) is 0 Å². The third-order valence-electron chi connectivity index (χ3n) is 4.06. The Balaban J connectivity index is 2.08. The molecule has 2 rings (SSSR count). The lowest BCUT2D eigenvalue weighted by molar-refractivity contribution is -0.384. The molecule has 5 nitrogen and oxygen atoms in total. The van der Waals surface area contributed by atoms with E-state index in [1.165, 1.54) is 23.0 Å². The molecule has 2 aromatic rings. The summed E-state index contributed by atoms with van der Waals surface area (Å²) in [6.45, 7) is 6.95. The zero-order chi connectivity index (χ0) is 15.6. The summed E-state index contributed by atoms with van der Waals surface area (Å²) in [6.07, 6.45) is 0. The molecule has 0 saturated carbocycles. The second kappa shape index (κ2) is 6.10. The fourth-order valence-corrected chi connectivity index (χ4v) is 2.40. The monoisotopic (exact) mass is 287 g/mol. The molecule has 0 spiro atoms. The number of hydrogen-bond acceptors (Lipinski definition) is 3. The van der Waals surface area contributed by atoms with E-state index in [9.17, 15) is 10.1 Å². The molecule has 1 aromatic heterocycles. The third-order valence-corrected chi connectivity index (χ3v) is 4.06. The molecular formula is C16H21N3O2. The lowest BCUT2D eigenvalue weighted by atomic mass is 10.1. The molecule has 0 saturated heterocycles. The van der Waals surface area contributed by atoms with Crippen molar-refractivity contribution in [1.29, 1.82) is 0 Å². The minimum atomic E-state index is -0.360. The SMILES string of the molecule is Cc1cc(CNC(C)c2cccc([N+](=O)[O-])c2)c(C)n1C. The molecule has 21 heavy (non-hydrogen) atoms. The molecule has 1 aromatic carbocycles. The van der Waals surface area contributed by atoms with Gasteiger partial charge in [-0.3, -0.25) is 10.1 Å². The quantitative estimate of drug-likeness (QED) is 0.677. The molecule has 1 heterocycles. The average Bonchev–Trinajstić information content (AvgIpc) is 2.72. The summed E-state index contributed by atoms with van der Waals surface area (Å²) >= 11 is 0. The first kappa shape index (κ1) is 15.3. The molecule has 1 atom stereocenters. The van der Waals surface area contributed by atoms with Gasteiger partial charge in [0.2, 0.25) is 0 Å². The van der Waals surface area contributed by atoms with Crippen LogP contribution in [0.5, 0.6) is 0 Å². The van der Waals surface area contributed by atoms with Crippen LogP contribution >= 0.6 is 0 Å². The van der Waals surface area contributed by atoms with Gasteiger partial charge in [0, 0.05) is 43.2 Å². The number of rotatable bonds is 5. The van der Waals surface area contributed by atoms with E-state index in [1.54, 1.807) is 12.1 Å². The molecular weight excluding hydrogens is 266 g/mol. The van der Waals surface area contributed by atoms with E-state index < -0.39 is 0 Å². The minimum absolute atomic E-state index is 0.0600. The largest absolute Gasteiger partial charge is 0.352 e. The predicted octanol–water partition coefficient (Wildman–Crippen LogP) is 3.40. The van der Waals surface area contributed by atoms with Crippen LogP contribution < -0.4 is 5.32 Å². The van der Waals surface area contributed by atoms with Crippen LogP contribution in [0, 0.1) is 24.0 Å². The van der Waals surface area contributed by atoms with Crippen LogP contribution in [0.4, 0.5) is 5.69 Å². The number of hydrogen-bond donors (Lipinski definition) is 1. The van der Waals surface area contributed by atoms with Crippen LogP contribution in [0.1, 0.15) is 35.5 Å². The fraction of sp³-hybridized carbons (Fsp3) is 0.375. The lowest BCUT2D eigenvalue weighted by Crippen LogP contribution is -2.18. The van der Waals surface area contributed by atoms with Crippen molar-refractivity contribution in [1.82, 2.24) is 9.88 Å². The Kier molecular flexibility index (Phi) is 4.43. The van der Waals surface area contributed by atoms with Crippen molar-refractivity contribution in [2.75, 3.05) is 0 Å². The van der Waals surface area contributed by atoms with Crippen LogP contribution in [0.15, 0.2) is 30.3 Å². The summed E-state index contributed by atoms with van der Waals surface area (Å²) in [5.41, 5.74) is 4.79. The summed E-state index contributed by atoms with van der Waals surface area (Å²) in [5.74, 6) is 0. The Hall–Kier alpha value is -2.14. The third kappa shape index (κ3) is 3.31. The normalized spacial score (nSPS) is 12.4. The zero-order valence-corrected chi connectivity index (χ0v) is 12.9. The molecule has 0 bridgehead atoms. The minimum Gasteiger partial charge on any atom is -0.352 e. The number of non-ortho nitro benzene ring substituents is 1. The lowest BCUT2D eigenvalue weighted by Gasteiger charge is -2.14. The van der Waals surface area contributed by atoms with E-state index in [1.807, 2.05) is 13.0 Å². The summed E-state index contributed by atoms with van der Waals surface area (Å²) in [7, 11) is 2.05. The maximum Gasteiger partial charge on any atom is 0.269 e. The van der Waals surface area contributed by atoms with Crippen molar-refractivity contribution in [3.05, 3.63) is 63.0 Å². The highest BCUT2D eigenvalue weighted by atomic mass is 16.6. The van der Waals surface area contributed by atoms with Crippen LogP contribution in [0.3, 0.4) is 0 Å². The zero-order valence-electron chi connectivity index (χ0n) is 12.9. The second-order valence-corrected chi connectivity index (χ2v) is 5.41. The Labute approximate surface area is 124 Å². The average molecular weight is 287 g/mol. The molecule has 1 unspecified atom stereocenters. The summed E-state index contributed by atoms with van der Waals surface area (Å²) < 4.78 is 2.16. The summed E-state index contributed by atoms with van der Waals surface area (Å²) in [5, 5.41) is 14.2. The Bertz CT molecular complexity index is 662. The van der Waals surface area contributed by atoms with Crippen molar-refractivity contribution in [2.24, 2.45) is 7.05 Å². The number of aromatic nitrogens is 1. The van der Waals surface area contributed by atoms with Crippen LogP contribution in [-0.2, 0) is 13.6 Å². The van der Waals surface area contributed by atoms with Crippen LogP contribution in [-0.4, -0.2) is 9.49 Å². The number of nitrogens with one attached hydrogen (secondary N) is 1. The van der Waals surface area contributed by atoms with Crippen LogP contribution in [0.2, 0.25) is 0 Å². The molecule has 0 aliphatic carbocycles. The Morgan fingerprint density at radius 3 is 2.62 bits per heavy atom. The van der Waals surface area contributed by atoms with E-state index in [0.717, 1.165) is 12.1 Å². The number of nitro groups is 1. The first-order valence-corrected chi connectivity index (χ1v) is 6.99. The standard InChI is InChI=1S/C16H21N3O2/c1-11-8-15(13(3)18(11)4)10-17-12(2)14-6-5-7-16(9-14)19(20)21/h5-9,12,17H,10H2,1-4H3. The highest BCUT2D eigenvalue weighted by Crippen LogP contribution is 2.20. The van der Waals surface area contributed by atoms with Gasteiger partial charge in [0.1, 0.15) is 0 Å². The fourth-order valence-electron chi connectivity index (χ4n) is 2.40. The van der Waals surface area contributed by atoms with Gasteiger partial charge in [0.25, 0.3) is 5.69 Å².